The van der Waals surface area contributed by atoms with Crippen LogP contribution in [0.4, 0.5) is 10.1 Å². The van der Waals surface area contributed by atoms with Gasteiger partial charge >= 0.3 is 0 Å². The van der Waals surface area contributed by atoms with E-state index < -0.39 is 5.82 Å². The van der Waals surface area contributed by atoms with Crippen molar-refractivity contribution in [2.75, 3.05) is 5.32 Å². The molecular formula is C16H12ClFN2S. The van der Waals surface area contributed by atoms with Crippen LogP contribution in [0.25, 0.3) is 10.6 Å². The molecule has 0 radical (unpaired) electrons. The SMILES string of the molecule is Fc1cc(CNc2cccc(-c3nccs3)c2)ccc1Cl. The summed E-state index contributed by atoms with van der Waals surface area (Å²) in [5.41, 5.74) is 2.88. The van der Waals surface area contributed by atoms with Crippen LogP contribution in [0.5, 0.6) is 0 Å². The molecule has 0 aliphatic heterocycles. The average Bonchev–Trinajstić information content (AvgIpc) is 3.03. The average molecular weight is 319 g/mol. The lowest BCUT2D eigenvalue weighted by Gasteiger charge is -2.08. The molecule has 0 unspecified atom stereocenters. The molecule has 1 heterocycles. The lowest BCUT2D eigenvalue weighted by atomic mass is 10.2. The summed E-state index contributed by atoms with van der Waals surface area (Å²) >= 11 is 7.27. The van der Waals surface area contributed by atoms with E-state index >= 15 is 0 Å². The molecule has 0 atom stereocenters. The molecule has 2 aromatic carbocycles. The molecule has 21 heavy (non-hydrogen) atoms. The minimum absolute atomic E-state index is 0.143. The van der Waals surface area contributed by atoms with Gasteiger partial charge in [0.2, 0.25) is 0 Å². The van der Waals surface area contributed by atoms with Crippen molar-refractivity contribution in [3.05, 3.63) is 70.4 Å². The number of anilines is 1. The van der Waals surface area contributed by atoms with Gasteiger partial charge in [-0.05, 0) is 29.8 Å². The highest BCUT2D eigenvalue weighted by Crippen LogP contribution is 2.24. The first-order valence-electron chi connectivity index (χ1n) is 6.40. The molecule has 0 amide bonds. The van der Waals surface area contributed by atoms with Crippen molar-refractivity contribution in [2.45, 2.75) is 6.54 Å². The highest BCUT2D eigenvalue weighted by atomic mass is 35.5. The molecule has 0 saturated heterocycles. The van der Waals surface area contributed by atoms with Crippen molar-refractivity contribution < 1.29 is 4.39 Å². The van der Waals surface area contributed by atoms with Gasteiger partial charge in [-0.2, -0.15) is 0 Å². The van der Waals surface area contributed by atoms with E-state index in [1.807, 2.05) is 35.7 Å². The third kappa shape index (κ3) is 3.40. The van der Waals surface area contributed by atoms with Crippen molar-refractivity contribution in [1.29, 1.82) is 0 Å². The smallest absolute Gasteiger partial charge is 0.142 e. The Labute approximate surface area is 131 Å². The van der Waals surface area contributed by atoms with E-state index in [4.69, 9.17) is 11.6 Å². The van der Waals surface area contributed by atoms with Crippen LogP contribution < -0.4 is 5.32 Å². The summed E-state index contributed by atoms with van der Waals surface area (Å²) in [6, 6.07) is 12.8. The highest BCUT2D eigenvalue weighted by molar-refractivity contribution is 7.13. The fourth-order valence-electron chi connectivity index (χ4n) is 1.98. The first-order valence-corrected chi connectivity index (χ1v) is 7.66. The molecule has 2 nitrogen and oxygen atoms in total. The standard InChI is InChI=1S/C16H12ClFN2S/c17-14-5-4-11(8-15(14)18)10-20-13-3-1-2-12(9-13)16-19-6-7-21-16/h1-9,20H,10H2. The Balaban J connectivity index is 1.73. The van der Waals surface area contributed by atoms with Crippen LogP contribution >= 0.6 is 22.9 Å². The summed E-state index contributed by atoms with van der Waals surface area (Å²) in [5, 5.41) is 6.35. The molecular weight excluding hydrogens is 307 g/mol. The Morgan fingerprint density at radius 3 is 2.86 bits per heavy atom. The van der Waals surface area contributed by atoms with E-state index in [0.29, 0.717) is 6.54 Å². The van der Waals surface area contributed by atoms with Gasteiger partial charge in [0.1, 0.15) is 10.8 Å². The molecule has 0 bridgehead atoms. The number of hydrogen-bond acceptors (Lipinski definition) is 3. The molecule has 3 aromatic rings. The number of nitrogens with zero attached hydrogens (tertiary/aromatic N) is 1. The van der Waals surface area contributed by atoms with Gasteiger partial charge in [-0.25, -0.2) is 9.37 Å². The van der Waals surface area contributed by atoms with E-state index in [9.17, 15) is 4.39 Å². The molecule has 106 valence electrons. The Morgan fingerprint density at radius 2 is 2.10 bits per heavy atom. The van der Waals surface area contributed by atoms with Gasteiger partial charge in [-0.1, -0.05) is 29.8 Å². The fourth-order valence-corrected chi connectivity index (χ4v) is 2.73. The fraction of sp³-hybridized carbons (Fsp3) is 0.0625. The second kappa shape index (κ2) is 6.24. The Morgan fingerprint density at radius 1 is 1.19 bits per heavy atom. The first-order chi connectivity index (χ1) is 10.2. The molecule has 5 heteroatoms. The summed E-state index contributed by atoms with van der Waals surface area (Å²) < 4.78 is 13.4. The third-order valence-corrected chi connectivity index (χ3v) is 4.15. The van der Waals surface area contributed by atoms with Gasteiger partial charge in [-0.15, -0.1) is 11.3 Å². The second-order valence-corrected chi connectivity index (χ2v) is 5.82. The molecule has 0 aliphatic rings. The topological polar surface area (TPSA) is 24.9 Å². The lowest BCUT2D eigenvalue weighted by molar-refractivity contribution is 0.626. The minimum Gasteiger partial charge on any atom is -0.381 e. The zero-order valence-electron chi connectivity index (χ0n) is 11.0. The summed E-state index contributed by atoms with van der Waals surface area (Å²) in [5.74, 6) is -0.396. The van der Waals surface area contributed by atoms with Gasteiger partial charge in [0, 0.05) is 29.4 Å². The number of hydrogen-bond donors (Lipinski definition) is 1. The number of benzene rings is 2. The monoisotopic (exact) mass is 318 g/mol. The summed E-state index contributed by atoms with van der Waals surface area (Å²) in [6.07, 6.45) is 1.79. The number of halogens is 2. The molecule has 3 rings (SSSR count). The van der Waals surface area contributed by atoms with Crippen LogP contribution in [0.3, 0.4) is 0 Å². The van der Waals surface area contributed by atoms with Crippen LogP contribution in [-0.4, -0.2) is 4.98 Å². The lowest BCUT2D eigenvalue weighted by Crippen LogP contribution is -2.00. The van der Waals surface area contributed by atoms with Crippen molar-refractivity contribution in [1.82, 2.24) is 4.98 Å². The second-order valence-electron chi connectivity index (χ2n) is 4.52. The van der Waals surface area contributed by atoms with E-state index in [2.05, 4.69) is 10.3 Å². The largest absolute Gasteiger partial charge is 0.381 e. The van der Waals surface area contributed by atoms with E-state index in [1.165, 1.54) is 6.07 Å². The predicted octanol–water partition coefficient (Wildman–Crippen LogP) is 5.21. The van der Waals surface area contributed by atoms with Crippen LogP contribution in [0.2, 0.25) is 5.02 Å². The van der Waals surface area contributed by atoms with Gasteiger partial charge in [-0.3, -0.25) is 0 Å². The maximum Gasteiger partial charge on any atom is 0.142 e. The van der Waals surface area contributed by atoms with Gasteiger partial charge in [0.25, 0.3) is 0 Å². The van der Waals surface area contributed by atoms with Gasteiger partial charge in [0.05, 0.1) is 5.02 Å². The van der Waals surface area contributed by atoms with Gasteiger partial charge in [0.15, 0.2) is 0 Å². The van der Waals surface area contributed by atoms with Crippen molar-refractivity contribution >= 4 is 28.6 Å². The summed E-state index contributed by atoms with van der Waals surface area (Å²) in [7, 11) is 0. The highest BCUT2D eigenvalue weighted by Gasteiger charge is 2.03. The Bertz CT molecular complexity index is 744. The summed E-state index contributed by atoms with van der Waals surface area (Å²) in [6.45, 7) is 0.537. The van der Waals surface area contributed by atoms with E-state index in [1.54, 1.807) is 23.6 Å². The number of thiazole rings is 1. The first kappa shape index (κ1) is 14.0. The van der Waals surface area contributed by atoms with Gasteiger partial charge < -0.3 is 5.32 Å². The molecule has 0 spiro atoms. The molecule has 0 saturated carbocycles. The quantitative estimate of drug-likeness (QED) is 0.714. The van der Waals surface area contributed by atoms with Crippen molar-refractivity contribution in [2.24, 2.45) is 0 Å². The normalized spacial score (nSPS) is 10.6. The Hall–Kier alpha value is -1.91. The zero-order valence-corrected chi connectivity index (χ0v) is 12.6. The number of aromatic nitrogens is 1. The van der Waals surface area contributed by atoms with E-state index in [0.717, 1.165) is 21.8 Å². The predicted molar refractivity (Wildman–Crippen MR) is 86.3 cm³/mol. The Kier molecular flexibility index (Phi) is 4.18. The van der Waals surface area contributed by atoms with Crippen LogP contribution in [0.1, 0.15) is 5.56 Å². The minimum atomic E-state index is -0.396. The van der Waals surface area contributed by atoms with Crippen molar-refractivity contribution in [3.63, 3.8) is 0 Å². The van der Waals surface area contributed by atoms with E-state index in [-0.39, 0.29) is 5.02 Å². The van der Waals surface area contributed by atoms with Crippen LogP contribution in [-0.2, 0) is 6.54 Å². The molecule has 0 aliphatic carbocycles. The summed E-state index contributed by atoms with van der Waals surface area (Å²) in [4.78, 5) is 4.29. The van der Waals surface area contributed by atoms with Crippen molar-refractivity contribution in [3.8, 4) is 10.6 Å². The molecule has 1 N–H and O–H groups in total. The maximum absolute atomic E-state index is 13.4. The third-order valence-electron chi connectivity index (χ3n) is 3.02. The zero-order chi connectivity index (χ0) is 14.7. The molecule has 0 fully saturated rings. The number of rotatable bonds is 4. The number of nitrogens with one attached hydrogen (secondary N) is 1. The van der Waals surface area contributed by atoms with Crippen LogP contribution in [0, 0.1) is 5.82 Å². The van der Waals surface area contributed by atoms with Crippen LogP contribution in [0.15, 0.2) is 54.0 Å². The maximum atomic E-state index is 13.4. The molecule has 1 aromatic heterocycles.